The maximum atomic E-state index is 13.5. The van der Waals surface area contributed by atoms with Crippen molar-refractivity contribution in [3.8, 4) is 0 Å². The number of hydrogen-bond acceptors (Lipinski definition) is 4. The predicted octanol–water partition coefficient (Wildman–Crippen LogP) is 2.18. The van der Waals surface area contributed by atoms with Gasteiger partial charge >= 0.3 is 0 Å². The molecule has 148 valence electrons. The summed E-state index contributed by atoms with van der Waals surface area (Å²) in [7, 11) is -3.54. The van der Waals surface area contributed by atoms with Gasteiger partial charge in [0.2, 0.25) is 15.9 Å². The number of ether oxygens (including phenoxy) is 1. The molecule has 0 aromatic heterocycles. The normalized spacial score (nSPS) is 15.6. The van der Waals surface area contributed by atoms with Gasteiger partial charge in [-0.05, 0) is 29.8 Å². The van der Waals surface area contributed by atoms with Crippen molar-refractivity contribution >= 4 is 22.0 Å². The van der Waals surface area contributed by atoms with Crippen molar-refractivity contribution in [3.63, 3.8) is 0 Å². The molecule has 0 atom stereocenters. The number of carbonyl (C=O) groups is 1. The molecule has 0 aliphatic carbocycles. The number of hydrogen-bond donors (Lipinski definition) is 1. The number of nitrogens with one attached hydrogen (secondary N) is 1. The number of sulfonamides is 1. The number of carbonyl (C=O) groups excluding carboxylic acids is 1. The van der Waals surface area contributed by atoms with E-state index in [1.165, 1.54) is 28.6 Å². The quantitative estimate of drug-likeness (QED) is 0.749. The lowest BCUT2D eigenvalue weighted by Crippen LogP contribution is -2.40. The Kier molecular flexibility index (Phi) is 6.56. The molecule has 8 heteroatoms. The summed E-state index contributed by atoms with van der Waals surface area (Å²) in [4.78, 5) is 12.1. The molecule has 0 bridgehead atoms. The van der Waals surface area contributed by atoms with Gasteiger partial charge in [0.25, 0.3) is 0 Å². The zero-order valence-corrected chi connectivity index (χ0v) is 16.0. The topological polar surface area (TPSA) is 75.7 Å². The Hall–Kier alpha value is -2.55. The van der Waals surface area contributed by atoms with Crippen LogP contribution in [0.25, 0.3) is 6.08 Å². The molecule has 3 rings (SSSR count). The summed E-state index contributed by atoms with van der Waals surface area (Å²) in [6.07, 6.45) is 2.90. The van der Waals surface area contributed by atoms with Gasteiger partial charge in [0.1, 0.15) is 5.82 Å². The third kappa shape index (κ3) is 5.03. The van der Waals surface area contributed by atoms with Crippen LogP contribution < -0.4 is 5.32 Å². The van der Waals surface area contributed by atoms with E-state index in [1.807, 2.05) is 0 Å². The smallest absolute Gasteiger partial charge is 0.244 e. The summed E-state index contributed by atoms with van der Waals surface area (Å²) in [5.74, 6) is -0.739. The lowest BCUT2D eigenvalue weighted by Gasteiger charge is -2.26. The predicted molar refractivity (Wildman–Crippen MR) is 103 cm³/mol. The Morgan fingerprint density at radius 2 is 1.79 bits per heavy atom. The van der Waals surface area contributed by atoms with Crippen LogP contribution in [-0.2, 0) is 26.1 Å². The third-order valence-electron chi connectivity index (χ3n) is 4.33. The molecular formula is C20H21FN2O4S. The van der Waals surface area contributed by atoms with Gasteiger partial charge in [0.15, 0.2) is 0 Å². The Bertz CT molecular complexity index is 952. The Morgan fingerprint density at radius 1 is 1.11 bits per heavy atom. The first-order chi connectivity index (χ1) is 13.5. The molecule has 1 amide bonds. The minimum Gasteiger partial charge on any atom is -0.379 e. The molecule has 0 saturated carbocycles. The second kappa shape index (κ2) is 9.09. The van der Waals surface area contributed by atoms with E-state index in [4.69, 9.17) is 4.74 Å². The fourth-order valence-electron chi connectivity index (χ4n) is 2.74. The number of benzene rings is 2. The molecule has 1 aliphatic rings. The summed E-state index contributed by atoms with van der Waals surface area (Å²) in [6.45, 7) is 1.55. The van der Waals surface area contributed by atoms with E-state index < -0.39 is 10.0 Å². The monoisotopic (exact) mass is 404 g/mol. The maximum absolute atomic E-state index is 13.5. The fourth-order valence-corrected chi connectivity index (χ4v) is 4.15. The zero-order valence-electron chi connectivity index (χ0n) is 15.2. The van der Waals surface area contributed by atoms with Crippen LogP contribution in [0.5, 0.6) is 0 Å². The SMILES string of the molecule is O=C(/C=C/c1ccc(S(=O)(=O)N2CCOCC2)cc1)NCc1ccccc1F. The number of rotatable bonds is 6. The van der Waals surface area contributed by atoms with Gasteiger partial charge in [-0.3, -0.25) is 4.79 Å². The van der Waals surface area contributed by atoms with Crippen molar-refractivity contribution in [2.45, 2.75) is 11.4 Å². The van der Waals surface area contributed by atoms with Crippen LogP contribution in [0.3, 0.4) is 0 Å². The number of morpholine rings is 1. The fraction of sp³-hybridized carbons (Fsp3) is 0.250. The Labute approximate surface area is 163 Å². The average Bonchev–Trinajstić information content (AvgIpc) is 2.72. The zero-order chi connectivity index (χ0) is 20.0. The van der Waals surface area contributed by atoms with E-state index in [-0.39, 0.29) is 23.2 Å². The van der Waals surface area contributed by atoms with Crippen LogP contribution in [0.4, 0.5) is 4.39 Å². The van der Waals surface area contributed by atoms with Crippen LogP contribution in [0.15, 0.2) is 59.5 Å². The van der Waals surface area contributed by atoms with Crippen molar-refractivity contribution < 1.29 is 22.3 Å². The van der Waals surface area contributed by atoms with E-state index in [0.29, 0.717) is 37.4 Å². The molecule has 1 aliphatic heterocycles. The van der Waals surface area contributed by atoms with Gasteiger partial charge in [0, 0.05) is 31.3 Å². The van der Waals surface area contributed by atoms with Crippen molar-refractivity contribution in [2.24, 2.45) is 0 Å². The number of amides is 1. The van der Waals surface area contributed by atoms with E-state index in [0.717, 1.165) is 0 Å². The summed E-state index contributed by atoms with van der Waals surface area (Å²) in [5.41, 5.74) is 1.09. The van der Waals surface area contributed by atoms with Crippen molar-refractivity contribution in [3.05, 3.63) is 71.6 Å². The van der Waals surface area contributed by atoms with E-state index >= 15 is 0 Å². The summed E-state index contributed by atoms with van der Waals surface area (Å²) in [6, 6.07) is 12.5. The maximum Gasteiger partial charge on any atom is 0.244 e. The van der Waals surface area contributed by atoms with Gasteiger partial charge in [0.05, 0.1) is 18.1 Å². The highest BCUT2D eigenvalue weighted by atomic mass is 32.2. The first-order valence-electron chi connectivity index (χ1n) is 8.84. The van der Waals surface area contributed by atoms with Crippen LogP contribution >= 0.6 is 0 Å². The van der Waals surface area contributed by atoms with Gasteiger partial charge < -0.3 is 10.1 Å². The minimum absolute atomic E-state index is 0.0899. The average molecular weight is 404 g/mol. The molecule has 2 aromatic rings. The first kappa shape index (κ1) is 20.2. The van der Waals surface area contributed by atoms with Crippen LogP contribution in [0, 0.1) is 5.82 Å². The van der Waals surface area contributed by atoms with E-state index in [9.17, 15) is 17.6 Å². The van der Waals surface area contributed by atoms with Gasteiger partial charge in [-0.25, -0.2) is 12.8 Å². The third-order valence-corrected chi connectivity index (χ3v) is 6.24. The molecule has 28 heavy (non-hydrogen) atoms. The summed E-state index contributed by atoms with van der Waals surface area (Å²) >= 11 is 0. The van der Waals surface area contributed by atoms with E-state index in [1.54, 1.807) is 36.4 Å². The second-order valence-electron chi connectivity index (χ2n) is 6.23. The molecule has 1 fully saturated rings. The van der Waals surface area contributed by atoms with Crippen LogP contribution in [-0.4, -0.2) is 44.9 Å². The number of nitrogens with zero attached hydrogens (tertiary/aromatic N) is 1. The molecule has 2 aromatic carbocycles. The molecule has 0 spiro atoms. The lowest BCUT2D eigenvalue weighted by molar-refractivity contribution is -0.116. The molecular weight excluding hydrogens is 383 g/mol. The Balaban J connectivity index is 1.59. The Morgan fingerprint density at radius 3 is 2.46 bits per heavy atom. The minimum atomic E-state index is -3.54. The van der Waals surface area contributed by atoms with Crippen molar-refractivity contribution in [1.82, 2.24) is 9.62 Å². The molecule has 6 nitrogen and oxygen atoms in total. The molecule has 0 radical (unpaired) electrons. The van der Waals surface area contributed by atoms with E-state index in [2.05, 4.69) is 5.32 Å². The summed E-state index contributed by atoms with van der Waals surface area (Å²) in [5, 5.41) is 2.61. The van der Waals surface area contributed by atoms with Crippen molar-refractivity contribution in [2.75, 3.05) is 26.3 Å². The highest BCUT2D eigenvalue weighted by Gasteiger charge is 2.25. The van der Waals surface area contributed by atoms with Gasteiger partial charge in [-0.1, -0.05) is 30.3 Å². The first-order valence-corrected chi connectivity index (χ1v) is 10.3. The summed E-state index contributed by atoms with van der Waals surface area (Å²) < 4.78 is 45.3. The standard InChI is InChI=1S/C20H21FN2O4S/c21-19-4-2-1-3-17(19)15-22-20(24)10-7-16-5-8-18(9-6-16)28(25,26)23-11-13-27-14-12-23/h1-10H,11-15H2,(H,22,24)/b10-7+. The highest BCUT2D eigenvalue weighted by molar-refractivity contribution is 7.89. The largest absolute Gasteiger partial charge is 0.379 e. The molecule has 1 N–H and O–H groups in total. The van der Waals surface area contributed by atoms with Crippen molar-refractivity contribution in [1.29, 1.82) is 0 Å². The van der Waals surface area contributed by atoms with Crippen LogP contribution in [0.2, 0.25) is 0 Å². The van der Waals surface area contributed by atoms with Crippen LogP contribution in [0.1, 0.15) is 11.1 Å². The molecule has 0 unspecified atom stereocenters. The molecule has 1 saturated heterocycles. The second-order valence-corrected chi connectivity index (χ2v) is 8.17. The van der Waals surface area contributed by atoms with Gasteiger partial charge in [-0.2, -0.15) is 4.31 Å². The van der Waals surface area contributed by atoms with Gasteiger partial charge in [-0.15, -0.1) is 0 Å². The number of halogens is 1. The highest BCUT2D eigenvalue weighted by Crippen LogP contribution is 2.18. The lowest BCUT2D eigenvalue weighted by atomic mass is 10.2. The molecule has 1 heterocycles.